The molecule has 2 amide bonds. The zero-order valence-corrected chi connectivity index (χ0v) is 14.1. The molecule has 3 N–H and O–H groups in total. The minimum absolute atomic E-state index is 0.177. The topological polar surface area (TPSA) is 95.5 Å². The number of aliphatic carboxylic acids is 1. The van der Waals surface area contributed by atoms with E-state index in [0.717, 1.165) is 11.1 Å². The first-order valence-corrected chi connectivity index (χ1v) is 7.83. The van der Waals surface area contributed by atoms with Crippen molar-refractivity contribution in [1.29, 1.82) is 0 Å². The van der Waals surface area contributed by atoms with E-state index in [1.54, 1.807) is 18.2 Å². The van der Waals surface area contributed by atoms with Gasteiger partial charge >= 0.3 is 5.97 Å². The number of hydrogen-bond donors (Lipinski definition) is 3. The van der Waals surface area contributed by atoms with Crippen LogP contribution in [0.1, 0.15) is 28.4 Å². The summed E-state index contributed by atoms with van der Waals surface area (Å²) in [4.78, 5) is 35.3. The summed E-state index contributed by atoms with van der Waals surface area (Å²) in [6.07, 6.45) is 0.177. The molecule has 0 spiro atoms. The van der Waals surface area contributed by atoms with E-state index in [4.69, 9.17) is 0 Å². The Kier molecular flexibility index (Phi) is 5.89. The minimum Gasteiger partial charge on any atom is -0.480 e. The zero-order valence-electron chi connectivity index (χ0n) is 14.1. The van der Waals surface area contributed by atoms with E-state index in [-0.39, 0.29) is 17.9 Å². The SMILES string of the molecule is CC(=O)Nc1ccccc1C(=O)N[C@@H](Cc1ccccc1C)C(=O)O. The van der Waals surface area contributed by atoms with Gasteiger partial charge in [0.05, 0.1) is 11.3 Å². The molecule has 0 aliphatic carbocycles. The third-order valence-electron chi connectivity index (χ3n) is 3.77. The number of carboxylic acid groups (broad SMARTS) is 1. The van der Waals surface area contributed by atoms with Crippen molar-refractivity contribution in [3.8, 4) is 0 Å². The normalized spacial score (nSPS) is 11.4. The maximum atomic E-state index is 12.5. The number of anilines is 1. The Morgan fingerprint density at radius 3 is 2.32 bits per heavy atom. The van der Waals surface area contributed by atoms with Crippen molar-refractivity contribution in [3.05, 3.63) is 65.2 Å². The molecule has 0 unspecified atom stereocenters. The van der Waals surface area contributed by atoms with Crippen molar-refractivity contribution in [2.45, 2.75) is 26.3 Å². The van der Waals surface area contributed by atoms with Crippen LogP contribution >= 0.6 is 0 Å². The van der Waals surface area contributed by atoms with Crippen LogP contribution in [0.2, 0.25) is 0 Å². The molecule has 1 atom stereocenters. The molecule has 6 nitrogen and oxygen atoms in total. The predicted molar refractivity (Wildman–Crippen MR) is 94.5 cm³/mol. The predicted octanol–water partition coefficient (Wildman–Crippen LogP) is 2.38. The van der Waals surface area contributed by atoms with Crippen LogP contribution in [0, 0.1) is 6.92 Å². The van der Waals surface area contributed by atoms with Gasteiger partial charge in [0.1, 0.15) is 6.04 Å². The van der Waals surface area contributed by atoms with Crippen molar-refractivity contribution in [2.24, 2.45) is 0 Å². The van der Waals surface area contributed by atoms with Crippen LogP contribution in [0.5, 0.6) is 0 Å². The Labute approximate surface area is 145 Å². The molecule has 0 radical (unpaired) electrons. The van der Waals surface area contributed by atoms with Gasteiger partial charge in [0.25, 0.3) is 5.91 Å². The van der Waals surface area contributed by atoms with Gasteiger partial charge in [-0.1, -0.05) is 36.4 Å². The zero-order chi connectivity index (χ0) is 18.4. The van der Waals surface area contributed by atoms with Crippen LogP contribution in [0.15, 0.2) is 48.5 Å². The van der Waals surface area contributed by atoms with E-state index in [9.17, 15) is 19.5 Å². The van der Waals surface area contributed by atoms with Gasteiger partial charge in [0, 0.05) is 13.3 Å². The molecule has 6 heteroatoms. The Morgan fingerprint density at radius 2 is 1.68 bits per heavy atom. The van der Waals surface area contributed by atoms with Gasteiger partial charge in [0.2, 0.25) is 5.91 Å². The molecule has 25 heavy (non-hydrogen) atoms. The van der Waals surface area contributed by atoms with Gasteiger partial charge in [-0.2, -0.15) is 0 Å². The fourth-order valence-corrected chi connectivity index (χ4v) is 2.47. The lowest BCUT2D eigenvalue weighted by Gasteiger charge is -2.17. The standard InChI is InChI=1S/C19H20N2O4/c1-12-7-3-4-8-14(12)11-17(19(24)25)21-18(23)15-9-5-6-10-16(15)20-13(2)22/h3-10,17H,11H2,1-2H3,(H,20,22)(H,21,23)(H,24,25)/t17-/m0/s1. The molecule has 0 saturated carbocycles. The number of carbonyl (C=O) groups excluding carboxylic acids is 2. The van der Waals surface area contributed by atoms with Gasteiger partial charge in [0.15, 0.2) is 0 Å². The van der Waals surface area contributed by atoms with Gasteiger partial charge in [-0.3, -0.25) is 9.59 Å². The van der Waals surface area contributed by atoms with Crippen molar-refractivity contribution in [3.63, 3.8) is 0 Å². The number of hydrogen-bond acceptors (Lipinski definition) is 3. The molecule has 2 rings (SSSR count). The highest BCUT2D eigenvalue weighted by Crippen LogP contribution is 2.16. The number of nitrogens with one attached hydrogen (secondary N) is 2. The summed E-state index contributed by atoms with van der Waals surface area (Å²) < 4.78 is 0. The van der Waals surface area contributed by atoms with Crippen LogP contribution < -0.4 is 10.6 Å². The number of para-hydroxylation sites is 1. The fraction of sp³-hybridized carbons (Fsp3) is 0.211. The third-order valence-corrected chi connectivity index (χ3v) is 3.77. The molecule has 0 heterocycles. The second-order valence-electron chi connectivity index (χ2n) is 5.72. The highest BCUT2D eigenvalue weighted by Gasteiger charge is 2.23. The molecule has 0 aliphatic rings. The lowest BCUT2D eigenvalue weighted by atomic mass is 10.0. The summed E-state index contributed by atoms with van der Waals surface area (Å²) in [5.41, 5.74) is 2.37. The summed E-state index contributed by atoms with van der Waals surface area (Å²) in [7, 11) is 0. The number of carbonyl (C=O) groups is 3. The third kappa shape index (κ3) is 4.91. The molecular formula is C19H20N2O4. The summed E-state index contributed by atoms with van der Waals surface area (Å²) in [5, 5.41) is 14.6. The molecular weight excluding hydrogens is 320 g/mol. The van der Waals surface area contributed by atoms with Crippen molar-refractivity contribution in [2.75, 3.05) is 5.32 Å². The van der Waals surface area contributed by atoms with E-state index in [1.807, 2.05) is 31.2 Å². The van der Waals surface area contributed by atoms with Gasteiger partial charge in [-0.05, 0) is 30.2 Å². The second-order valence-corrected chi connectivity index (χ2v) is 5.72. The lowest BCUT2D eigenvalue weighted by molar-refractivity contribution is -0.139. The average molecular weight is 340 g/mol. The maximum Gasteiger partial charge on any atom is 0.326 e. The van der Waals surface area contributed by atoms with E-state index in [0.29, 0.717) is 5.69 Å². The van der Waals surface area contributed by atoms with Gasteiger partial charge in [-0.25, -0.2) is 4.79 Å². The van der Waals surface area contributed by atoms with Crippen LogP contribution in [-0.2, 0) is 16.0 Å². The summed E-state index contributed by atoms with van der Waals surface area (Å²) in [5.74, 6) is -1.98. The number of aryl methyl sites for hydroxylation is 1. The highest BCUT2D eigenvalue weighted by atomic mass is 16.4. The fourth-order valence-electron chi connectivity index (χ4n) is 2.47. The highest BCUT2D eigenvalue weighted by molar-refractivity contribution is 6.04. The molecule has 0 aromatic heterocycles. The smallest absolute Gasteiger partial charge is 0.326 e. The van der Waals surface area contributed by atoms with E-state index in [1.165, 1.54) is 13.0 Å². The average Bonchev–Trinajstić information content (AvgIpc) is 2.55. The first-order valence-electron chi connectivity index (χ1n) is 7.83. The van der Waals surface area contributed by atoms with Crippen molar-refractivity contribution < 1.29 is 19.5 Å². The molecule has 0 fully saturated rings. The van der Waals surface area contributed by atoms with Crippen LogP contribution in [-0.4, -0.2) is 28.9 Å². The quantitative estimate of drug-likeness (QED) is 0.752. The number of rotatable bonds is 6. The van der Waals surface area contributed by atoms with E-state index < -0.39 is 17.9 Å². The molecule has 0 bridgehead atoms. The lowest BCUT2D eigenvalue weighted by Crippen LogP contribution is -2.42. The molecule has 2 aromatic carbocycles. The largest absolute Gasteiger partial charge is 0.480 e. The Morgan fingerprint density at radius 1 is 1.04 bits per heavy atom. The first kappa shape index (κ1) is 18.2. The molecule has 0 aliphatic heterocycles. The molecule has 130 valence electrons. The number of benzene rings is 2. The monoisotopic (exact) mass is 340 g/mol. The minimum atomic E-state index is -1.12. The van der Waals surface area contributed by atoms with Gasteiger partial charge in [-0.15, -0.1) is 0 Å². The first-order chi connectivity index (χ1) is 11.9. The summed E-state index contributed by atoms with van der Waals surface area (Å²) in [6.45, 7) is 3.23. The molecule has 2 aromatic rings. The van der Waals surface area contributed by atoms with Gasteiger partial charge < -0.3 is 15.7 Å². The molecule has 0 saturated heterocycles. The Balaban J connectivity index is 2.20. The van der Waals surface area contributed by atoms with Crippen molar-refractivity contribution >= 4 is 23.5 Å². The van der Waals surface area contributed by atoms with Crippen LogP contribution in [0.4, 0.5) is 5.69 Å². The summed E-state index contributed by atoms with van der Waals surface area (Å²) >= 11 is 0. The number of carboxylic acids is 1. The van der Waals surface area contributed by atoms with Crippen LogP contribution in [0.3, 0.4) is 0 Å². The van der Waals surface area contributed by atoms with Crippen LogP contribution in [0.25, 0.3) is 0 Å². The summed E-state index contributed by atoms with van der Waals surface area (Å²) in [6, 6.07) is 12.8. The Bertz CT molecular complexity index is 802. The maximum absolute atomic E-state index is 12.5. The van der Waals surface area contributed by atoms with Crippen molar-refractivity contribution in [1.82, 2.24) is 5.32 Å². The second kappa shape index (κ2) is 8.10. The Hall–Kier alpha value is -3.15. The van der Waals surface area contributed by atoms with E-state index >= 15 is 0 Å². The number of amides is 2. The van der Waals surface area contributed by atoms with E-state index in [2.05, 4.69) is 10.6 Å².